The third-order valence-electron chi connectivity index (χ3n) is 6.20. The number of carbonyl (C=O) groups excluding carboxylic acids is 2. The molecule has 3 aromatic rings. The van der Waals surface area contributed by atoms with Crippen molar-refractivity contribution in [2.75, 3.05) is 26.2 Å². The second kappa shape index (κ2) is 7.25. The lowest BCUT2D eigenvalue weighted by molar-refractivity contribution is -0.124. The van der Waals surface area contributed by atoms with Crippen molar-refractivity contribution < 1.29 is 9.59 Å². The van der Waals surface area contributed by atoms with Crippen molar-refractivity contribution in [2.45, 2.75) is 25.3 Å². The van der Waals surface area contributed by atoms with Crippen LogP contribution in [0.3, 0.4) is 0 Å². The molecule has 2 amide bonds. The fourth-order valence-electron chi connectivity index (χ4n) is 4.14. The van der Waals surface area contributed by atoms with E-state index in [-0.39, 0.29) is 11.8 Å². The molecule has 2 heterocycles. The van der Waals surface area contributed by atoms with Gasteiger partial charge >= 0.3 is 0 Å². The zero-order chi connectivity index (χ0) is 20.7. The molecule has 0 atom stereocenters. The number of H-pyrrole nitrogens is 1. The summed E-state index contributed by atoms with van der Waals surface area (Å²) >= 11 is 0. The second-order valence-electron chi connectivity index (χ2n) is 8.21. The van der Waals surface area contributed by atoms with Crippen LogP contribution in [0.15, 0.2) is 42.5 Å². The van der Waals surface area contributed by atoms with Crippen LogP contribution in [-0.2, 0) is 4.79 Å². The van der Waals surface area contributed by atoms with Gasteiger partial charge in [-0.25, -0.2) is 0 Å². The maximum absolute atomic E-state index is 13.0. The van der Waals surface area contributed by atoms with Crippen LogP contribution in [0.25, 0.3) is 22.0 Å². The lowest BCUT2D eigenvalue weighted by atomic mass is 10.0. The largest absolute Gasteiger partial charge is 0.353 e. The van der Waals surface area contributed by atoms with E-state index in [0.29, 0.717) is 31.7 Å². The first-order valence-corrected chi connectivity index (χ1v) is 10.4. The van der Waals surface area contributed by atoms with Gasteiger partial charge in [0.2, 0.25) is 5.91 Å². The Balaban J connectivity index is 1.31. The van der Waals surface area contributed by atoms with E-state index in [1.807, 2.05) is 36.1 Å². The summed E-state index contributed by atoms with van der Waals surface area (Å²) in [7, 11) is 0. The predicted octanol–water partition coefficient (Wildman–Crippen LogP) is 2.23. The van der Waals surface area contributed by atoms with Gasteiger partial charge in [0.1, 0.15) is 0 Å². The molecule has 1 saturated heterocycles. The first-order valence-electron chi connectivity index (χ1n) is 10.4. The van der Waals surface area contributed by atoms with E-state index < -0.39 is 5.54 Å². The van der Waals surface area contributed by atoms with Gasteiger partial charge in [-0.3, -0.25) is 14.7 Å². The number of nitrogens with one attached hydrogen (secondary N) is 3. The average molecular weight is 403 g/mol. The van der Waals surface area contributed by atoms with Crippen LogP contribution in [0.2, 0.25) is 0 Å². The predicted molar refractivity (Wildman–Crippen MR) is 115 cm³/mol. The van der Waals surface area contributed by atoms with Crippen molar-refractivity contribution in [1.82, 2.24) is 25.7 Å². The second-order valence-corrected chi connectivity index (χ2v) is 8.21. The summed E-state index contributed by atoms with van der Waals surface area (Å²) in [6.07, 6.45) is 1.75. The minimum Gasteiger partial charge on any atom is -0.353 e. The summed E-state index contributed by atoms with van der Waals surface area (Å²) in [6, 6.07) is 13.9. The summed E-state index contributed by atoms with van der Waals surface area (Å²) in [5.74, 6) is 0.0490. The van der Waals surface area contributed by atoms with Crippen LogP contribution in [0.4, 0.5) is 0 Å². The molecule has 1 aliphatic heterocycles. The monoisotopic (exact) mass is 403 g/mol. The minimum absolute atomic E-state index is 0.0114. The van der Waals surface area contributed by atoms with Crippen molar-refractivity contribution in [1.29, 1.82) is 0 Å². The molecule has 7 heteroatoms. The van der Waals surface area contributed by atoms with E-state index in [4.69, 9.17) is 0 Å². The van der Waals surface area contributed by atoms with Crippen molar-refractivity contribution in [2.24, 2.45) is 0 Å². The lowest BCUT2D eigenvalue weighted by Gasteiger charge is -2.22. The van der Waals surface area contributed by atoms with Crippen LogP contribution in [-0.4, -0.2) is 58.6 Å². The number of benzene rings is 2. The summed E-state index contributed by atoms with van der Waals surface area (Å²) in [5, 5.41) is 14.7. The summed E-state index contributed by atoms with van der Waals surface area (Å²) in [4.78, 5) is 27.1. The normalized spacial score (nSPS) is 18.6. The van der Waals surface area contributed by atoms with E-state index >= 15 is 0 Å². The van der Waals surface area contributed by atoms with Crippen molar-refractivity contribution in [3.63, 3.8) is 0 Å². The molecule has 1 aliphatic carbocycles. The number of carbonyl (C=O) groups is 2. The number of hydrogen-bond donors (Lipinski definition) is 3. The van der Waals surface area contributed by atoms with Gasteiger partial charge in [0.15, 0.2) is 0 Å². The molecule has 7 nitrogen and oxygen atoms in total. The van der Waals surface area contributed by atoms with Gasteiger partial charge in [0, 0.05) is 42.8 Å². The molecule has 1 saturated carbocycles. The minimum atomic E-state index is -0.394. The molecule has 0 radical (unpaired) electrons. The van der Waals surface area contributed by atoms with Gasteiger partial charge < -0.3 is 15.5 Å². The number of aromatic amines is 1. The Labute approximate surface area is 174 Å². The van der Waals surface area contributed by atoms with Crippen LogP contribution >= 0.6 is 0 Å². The molecule has 0 unspecified atom stereocenters. The summed E-state index contributed by atoms with van der Waals surface area (Å²) in [6.45, 7) is 4.22. The molecule has 0 bridgehead atoms. The van der Waals surface area contributed by atoms with Crippen LogP contribution in [0, 0.1) is 6.92 Å². The molecular weight excluding hydrogens is 378 g/mol. The van der Waals surface area contributed by atoms with Gasteiger partial charge in [0.05, 0.1) is 11.1 Å². The molecular formula is C23H25N5O2. The number of aromatic nitrogens is 2. The fraction of sp³-hybridized carbons (Fsp3) is 0.348. The number of amides is 2. The highest BCUT2D eigenvalue weighted by molar-refractivity contribution is 5.95. The van der Waals surface area contributed by atoms with Gasteiger partial charge in [-0.15, -0.1) is 0 Å². The molecule has 1 aromatic heterocycles. The molecule has 2 fully saturated rings. The van der Waals surface area contributed by atoms with Crippen LogP contribution in [0.5, 0.6) is 0 Å². The van der Waals surface area contributed by atoms with Gasteiger partial charge in [-0.05, 0) is 49.1 Å². The Morgan fingerprint density at radius 2 is 1.77 bits per heavy atom. The number of nitrogens with zero attached hydrogens (tertiary/aromatic N) is 2. The maximum Gasteiger partial charge on any atom is 0.253 e. The van der Waals surface area contributed by atoms with Gasteiger partial charge in [-0.1, -0.05) is 24.3 Å². The number of hydrogen-bond acceptors (Lipinski definition) is 4. The highest BCUT2D eigenvalue weighted by atomic mass is 16.2. The molecule has 30 heavy (non-hydrogen) atoms. The zero-order valence-corrected chi connectivity index (χ0v) is 17.0. The first-order chi connectivity index (χ1) is 14.6. The third kappa shape index (κ3) is 3.35. The quantitative estimate of drug-likeness (QED) is 0.612. The topological polar surface area (TPSA) is 90.1 Å². The molecule has 2 aromatic carbocycles. The fourth-order valence-corrected chi connectivity index (χ4v) is 4.14. The van der Waals surface area contributed by atoms with Crippen LogP contribution in [0.1, 0.15) is 28.9 Å². The Kier molecular flexibility index (Phi) is 4.55. The average Bonchev–Trinajstić information content (AvgIpc) is 3.46. The number of fused-ring (bicyclic) bond motifs is 1. The van der Waals surface area contributed by atoms with E-state index in [9.17, 15) is 9.59 Å². The van der Waals surface area contributed by atoms with E-state index in [2.05, 4.69) is 39.0 Å². The highest BCUT2D eigenvalue weighted by Gasteiger charge is 2.49. The van der Waals surface area contributed by atoms with Crippen molar-refractivity contribution in [3.8, 4) is 11.1 Å². The van der Waals surface area contributed by atoms with Gasteiger partial charge in [0.25, 0.3) is 5.91 Å². The van der Waals surface area contributed by atoms with Crippen molar-refractivity contribution >= 4 is 22.7 Å². The van der Waals surface area contributed by atoms with Crippen LogP contribution < -0.4 is 10.6 Å². The van der Waals surface area contributed by atoms with E-state index in [1.54, 1.807) is 0 Å². The van der Waals surface area contributed by atoms with Crippen molar-refractivity contribution in [3.05, 3.63) is 53.7 Å². The number of rotatable bonds is 2. The Bertz CT molecular complexity index is 1110. The number of aryl methyl sites for hydroxylation is 1. The molecule has 3 N–H and O–H groups in total. The molecule has 154 valence electrons. The SMILES string of the molecule is Cc1[nH]nc2cc(-c3ccc(C(=O)N4CCNC(=O)C5(CC5)NCC4)cc3)ccc12. The highest BCUT2D eigenvalue weighted by Crippen LogP contribution is 2.35. The molecule has 1 spiro atoms. The smallest absolute Gasteiger partial charge is 0.253 e. The third-order valence-corrected chi connectivity index (χ3v) is 6.20. The Morgan fingerprint density at radius 3 is 2.53 bits per heavy atom. The summed E-state index contributed by atoms with van der Waals surface area (Å²) < 4.78 is 0. The Morgan fingerprint density at radius 1 is 1.03 bits per heavy atom. The maximum atomic E-state index is 13.0. The zero-order valence-electron chi connectivity index (χ0n) is 17.0. The standard InChI is InChI=1S/C23H25N5O2/c1-15-19-7-6-18(14-20(19)27-26-15)16-2-4-17(5-3-16)21(29)28-12-10-24-22(30)23(8-9-23)25-11-13-28/h2-7,14,25H,8-13H2,1H3,(H,24,30)(H,26,27). The summed E-state index contributed by atoms with van der Waals surface area (Å²) in [5.41, 5.74) is 4.36. The van der Waals surface area contributed by atoms with E-state index in [0.717, 1.165) is 40.6 Å². The molecule has 5 rings (SSSR count). The first kappa shape index (κ1) is 18.8. The Hall–Kier alpha value is -3.19. The lowest BCUT2D eigenvalue weighted by Crippen LogP contribution is -2.46. The molecule has 2 aliphatic rings. The van der Waals surface area contributed by atoms with Gasteiger partial charge in [-0.2, -0.15) is 5.10 Å². The van der Waals surface area contributed by atoms with E-state index in [1.165, 1.54) is 0 Å².